The van der Waals surface area contributed by atoms with Crippen molar-refractivity contribution in [2.75, 3.05) is 0 Å². The first-order valence-corrected chi connectivity index (χ1v) is 7.39. The van der Waals surface area contributed by atoms with Crippen molar-refractivity contribution in [3.05, 3.63) is 41.0 Å². The number of nitrogens with zero attached hydrogens (tertiary/aromatic N) is 2. The van der Waals surface area contributed by atoms with Gasteiger partial charge in [0, 0.05) is 9.92 Å². The zero-order chi connectivity index (χ0) is 13.8. The molecule has 1 atom stereocenters. The second kappa shape index (κ2) is 6.41. The number of rotatable bonds is 5. The number of hydrogen-bond donors (Lipinski definition) is 1. The molecule has 0 unspecified atom stereocenters. The van der Waals surface area contributed by atoms with Gasteiger partial charge < -0.3 is 10.3 Å². The van der Waals surface area contributed by atoms with Crippen LogP contribution < -0.4 is 5.73 Å². The summed E-state index contributed by atoms with van der Waals surface area (Å²) < 4.78 is 5.17. The number of thioether (sulfide) groups is 1. The summed E-state index contributed by atoms with van der Waals surface area (Å²) in [6.45, 7) is 4.05. The molecule has 0 bridgehead atoms. The van der Waals surface area contributed by atoms with Gasteiger partial charge >= 0.3 is 0 Å². The highest BCUT2D eigenvalue weighted by Crippen LogP contribution is 2.25. The third kappa shape index (κ3) is 3.96. The van der Waals surface area contributed by atoms with Gasteiger partial charge in [0.15, 0.2) is 5.82 Å². The molecule has 0 saturated heterocycles. The van der Waals surface area contributed by atoms with Gasteiger partial charge in [0.25, 0.3) is 0 Å². The molecule has 102 valence electrons. The SMILES string of the molecule is CC(C)[C@@H](N)c1nc(CSc2cccc(Cl)c2)no1. The van der Waals surface area contributed by atoms with E-state index >= 15 is 0 Å². The van der Waals surface area contributed by atoms with E-state index in [0.29, 0.717) is 17.5 Å². The lowest BCUT2D eigenvalue weighted by Gasteiger charge is -2.09. The van der Waals surface area contributed by atoms with E-state index in [9.17, 15) is 0 Å². The van der Waals surface area contributed by atoms with Crippen molar-refractivity contribution >= 4 is 23.4 Å². The summed E-state index contributed by atoms with van der Waals surface area (Å²) in [5.74, 6) is 2.05. The Morgan fingerprint density at radius 1 is 1.42 bits per heavy atom. The summed E-state index contributed by atoms with van der Waals surface area (Å²) >= 11 is 7.54. The first-order valence-electron chi connectivity index (χ1n) is 6.02. The van der Waals surface area contributed by atoms with Crippen LogP contribution in [0.3, 0.4) is 0 Å². The summed E-state index contributed by atoms with van der Waals surface area (Å²) in [6.07, 6.45) is 0. The number of aromatic nitrogens is 2. The minimum absolute atomic E-state index is 0.211. The van der Waals surface area contributed by atoms with Crippen molar-refractivity contribution in [1.29, 1.82) is 0 Å². The van der Waals surface area contributed by atoms with Crippen LogP contribution in [0.15, 0.2) is 33.7 Å². The van der Waals surface area contributed by atoms with Gasteiger partial charge in [-0.25, -0.2) is 0 Å². The Labute approximate surface area is 121 Å². The summed E-state index contributed by atoms with van der Waals surface area (Å²) in [5.41, 5.74) is 5.96. The van der Waals surface area contributed by atoms with E-state index in [-0.39, 0.29) is 12.0 Å². The number of nitrogens with two attached hydrogens (primary N) is 1. The standard InChI is InChI=1S/C13H16ClN3OS/c1-8(2)12(15)13-16-11(17-18-13)7-19-10-5-3-4-9(14)6-10/h3-6,8,12H,7,15H2,1-2H3/t12-/m1/s1. The first-order chi connectivity index (χ1) is 9.06. The molecule has 0 radical (unpaired) electrons. The maximum Gasteiger partial charge on any atom is 0.243 e. The fraction of sp³-hybridized carbons (Fsp3) is 0.385. The van der Waals surface area contributed by atoms with E-state index in [1.807, 2.05) is 38.1 Å². The van der Waals surface area contributed by atoms with Crippen LogP contribution in [0.4, 0.5) is 0 Å². The maximum absolute atomic E-state index is 5.96. The second-order valence-electron chi connectivity index (χ2n) is 4.56. The van der Waals surface area contributed by atoms with Crippen LogP contribution in [-0.2, 0) is 5.75 Å². The molecule has 1 heterocycles. The van der Waals surface area contributed by atoms with Crippen molar-refractivity contribution in [3.63, 3.8) is 0 Å². The molecule has 4 nitrogen and oxygen atoms in total. The molecular weight excluding hydrogens is 282 g/mol. The molecule has 0 aliphatic rings. The molecule has 2 aromatic rings. The highest BCUT2D eigenvalue weighted by atomic mass is 35.5. The third-order valence-electron chi connectivity index (χ3n) is 2.65. The van der Waals surface area contributed by atoms with Gasteiger partial charge in [-0.15, -0.1) is 11.8 Å². The van der Waals surface area contributed by atoms with Gasteiger partial charge in [0.2, 0.25) is 5.89 Å². The normalized spacial score (nSPS) is 12.9. The molecule has 0 aliphatic carbocycles. The molecular formula is C13H16ClN3OS. The fourth-order valence-corrected chi connectivity index (χ4v) is 2.50. The van der Waals surface area contributed by atoms with E-state index in [1.165, 1.54) is 0 Å². The van der Waals surface area contributed by atoms with Gasteiger partial charge in [-0.2, -0.15) is 4.98 Å². The Morgan fingerprint density at radius 3 is 2.89 bits per heavy atom. The van der Waals surface area contributed by atoms with Crippen molar-refractivity contribution in [3.8, 4) is 0 Å². The highest BCUT2D eigenvalue weighted by Gasteiger charge is 2.17. The minimum Gasteiger partial charge on any atom is -0.338 e. The lowest BCUT2D eigenvalue weighted by atomic mass is 10.1. The van der Waals surface area contributed by atoms with Crippen LogP contribution in [0.5, 0.6) is 0 Å². The lowest BCUT2D eigenvalue weighted by Crippen LogP contribution is -2.17. The van der Waals surface area contributed by atoms with Gasteiger partial charge in [-0.1, -0.05) is 36.7 Å². The fourth-order valence-electron chi connectivity index (χ4n) is 1.45. The largest absolute Gasteiger partial charge is 0.338 e. The first kappa shape index (κ1) is 14.4. The summed E-state index contributed by atoms with van der Waals surface area (Å²) in [7, 11) is 0. The average Bonchev–Trinajstić information content (AvgIpc) is 2.84. The Hall–Kier alpha value is -1.04. The van der Waals surface area contributed by atoms with Crippen LogP contribution in [0, 0.1) is 5.92 Å². The summed E-state index contributed by atoms with van der Waals surface area (Å²) in [5, 5.41) is 4.66. The van der Waals surface area contributed by atoms with Crippen LogP contribution in [0.2, 0.25) is 5.02 Å². The van der Waals surface area contributed by atoms with Crippen molar-refractivity contribution < 1.29 is 4.52 Å². The predicted molar refractivity (Wildman–Crippen MR) is 77.1 cm³/mol. The minimum atomic E-state index is -0.211. The summed E-state index contributed by atoms with van der Waals surface area (Å²) in [6, 6.07) is 7.46. The maximum atomic E-state index is 5.96. The van der Waals surface area contributed by atoms with E-state index in [2.05, 4.69) is 10.1 Å². The highest BCUT2D eigenvalue weighted by molar-refractivity contribution is 7.98. The van der Waals surface area contributed by atoms with E-state index < -0.39 is 0 Å². The topological polar surface area (TPSA) is 64.9 Å². The molecule has 0 saturated carbocycles. The molecule has 2 rings (SSSR count). The van der Waals surface area contributed by atoms with Crippen molar-refractivity contribution in [2.24, 2.45) is 11.7 Å². The lowest BCUT2D eigenvalue weighted by molar-refractivity contribution is 0.323. The molecule has 6 heteroatoms. The van der Waals surface area contributed by atoms with Crippen LogP contribution >= 0.6 is 23.4 Å². The molecule has 0 aliphatic heterocycles. The van der Waals surface area contributed by atoms with Crippen LogP contribution in [0.25, 0.3) is 0 Å². The van der Waals surface area contributed by atoms with Crippen molar-refractivity contribution in [2.45, 2.75) is 30.5 Å². The molecule has 1 aromatic heterocycles. The van der Waals surface area contributed by atoms with Crippen LogP contribution in [-0.4, -0.2) is 10.1 Å². The van der Waals surface area contributed by atoms with Gasteiger partial charge in [0.05, 0.1) is 11.8 Å². The Bertz CT molecular complexity index is 544. The predicted octanol–water partition coefficient (Wildman–Crippen LogP) is 3.67. The Balaban J connectivity index is 1.97. The second-order valence-corrected chi connectivity index (χ2v) is 6.05. The third-order valence-corrected chi connectivity index (χ3v) is 3.88. The van der Waals surface area contributed by atoms with E-state index in [0.717, 1.165) is 9.92 Å². The Kier molecular flexibility index (Phi) is 4.85. The molecule has 0 amide bonds. The average molecular weight is 298 g/mol. The van der Waals surface area contributed by atoms with Crippen molar-refractivity contribution in [1.82, 2.24) is 10.1 Å². The number of halogens is 1. The van der Waals surface area contributed by atoms with E-state index in [1.54, 1.807) is 11.8 Å². The number of benzene rings is 1. The molecule has 0 fully saturated rings. The number of hydrogen-bond acceptors (Lipinski definition) is 5. The quantitative estimate of drug-likeness (QED) is 0.853. The van der Waals surface area contributed by atoms with Crippen LogP contribution in [0.1, 0.15) is 31.6 Å². The zero-order valence-corrected chi connectivity index (χ0v) is 12.4. The summed E-state index contributed by atoms with van der Waals surface area (Å²) in [4.78, 5) is 5.39. The molecule has 1 aromatic carbocycles. The smallest absolute Gasteiger partial charge is 0.243 e. The zero-order valence-electron chi connectivity index (χ0n) is 10.8. The molecule has 19 heavy (non-hydrogen) atoms. The van der Waals surface area contributed by atoms with Gasteiger partial charge in [-0.3, -0.25) is 0 Å². The molecule has 2 N–H and O–H groups in total. The van der Waals surface area contributed by atoms with E-state index in [4.69, 9.17) is 21.9 Å². The van der Waals surface area contributed by atoms with Gasteiger partial charge in [-0.05, 0) is 24.1 Å². The monoisotopic (exact) mass is 297 g/mol. The van der Waals surface area contributed by atoms with Gasteiger partial charge in [0.1, 0.15) is 0 Å². The Morgan fingerprint density at radius 2 is 2.21 bits per heavy atom. The molecule has 0 spiro atoms.